The van der Waals surface area contributed by atoms with Crippen molar-refractivity contribution in [2.75, 3.05) is 4.90 Å². The number of rotatable bonds is 9. The summed E-state index contributed by atoms with van der Waals surface area (Å²) in [5.74, 6) is 0. The van der Waals surface area contributed by atoms with Crippen molar-refractivity contribution in [1.29, 1.82) is 0 Å². The van der Waals surface area contributed by atoms with E-state index >= 15 is 0 Å². The van der Waals surface area contributed by atoms with Crippen molar-refractivity contribution in [2.45, 2.75) is 5.41 Å². The first-order valence-corrected chi connectivity index (χ1v) is 25.3. The molecule has 2 heteroatoms. The quantitative estimate of drug-likeness (QED) is 0.140. The van der Waals surface area contributed by atoms with Gasteiger partial charge in [-0.05, 0) is 115 Å². The van der Waals surface area contributed by atoms with E-state index in [1.807, 2.05) is 0 Å². The zero-order valence-electron chi connectivity index (χ0n) is 40.1. The lowest BCUT2D eigenvalue weighted by molar-refractivity contribution is 0.768. The summed E-state index contributed by atoms with van der Waals surface area (Å²) in [6.45, 7) is 0. The number of fused-ring (bicyclic) bond motifs is 7. The molecule has 0 radical (unpaired) electrons. The Morgan fingerprint density at radius 3 is 1.62 bits per heavy atom. The van der Waals surface area contributed by atoms with Gasteiger partial charge in [0.2, 0.25) is 0 Å². The molecule has 13 aromatic rings. The maximum atomic E-state index is 2.51. The summed E-state index contributed by atoms with van der Waals surface area (Å²) in [5, 5.41) is 4.90. The molecule has 0 spiro atoms. The van der Waals surface area contributed by atoms with Crippen LogP contribution in [0.15, 0.2) is 291 Å². The predicted octanol–water partition coefficient (Wildman–Crippen LogP) is 18.8. The summed E-state index contributed by atoms with van der Waals surface area (Å²) in [6, 6.07) is 107. The van der Waals surface area contributed by atoms with Gasteiger partial charge in [0.1, 0.15) is 0 Å². The van der Waals surface area contributed by atoms with E-state index in [9.17, 15) is 0 Å². The highest BCUT2D eigenvalue weighted by molar-refractivity contribution is 6.14. The second-order valence-electron chi connectivity index (χ2n) is 19.1. The summed E-state index contributed by atoms with van der Waals surface area (Å²) >= 11 is 0. The molecule has 1 aliphatic carbocycles. The number of hydrogen-bond donors (Lipinski definition) is 0. The van der Waals surface area contributed by atoms with E-state index in [1.54, 1.807) is 0 Å². The average Bonchev–Trinajstić information content (AvgIpc) is 3.97. The normalized spacial score (nSPS) is 12.5. The molecule has 1 aromatic heterocycles. The highest BCUT2D eigenvalue weighted by Gasteiger charge is 2.46. The van der Waals surface area contributed by atoms with Gasteiger partial charge in [0.25, 0.3) is 0 Å². The van der Waals surface area contributed by atoms with Crippen LogP contribution in [0.25, 0.3) is 82.8 Å². The van der Waals surface area contributed by atoms with Gasteiger partial charge < -0.3 is 9.47 Å². The van der Waals surface area contributed by atoms with E-state index in [0.717, 1.165) is 33.9 Å². The number of benzene rings is 12. The van der Waals surface area contributed by atoms with Crippen molar-refractivity contribution >= 4 is 49.6 Å². The van der Waals surface area contributed by atoms with E-state index in [1.165, 1.54) is 88.2 Å². The zero-order chi connectivity index (χ0) is 48.3. The Morgan fingerprint density at radius 1 is 0.315 bits per heavy atom. The van der Waals surface area contributed by atoms with E-state index in [2.05, 4.69) is 301 Å². The maximum absolute atomic E-state index is 2.51. The summed E-state index contributed by atoms with van der Waals surface area (Å²) in [6.07, 6.45) is 0. The van der Waals surface area contributed by atoms with Gasteiger partial charge in [-0.15, -0.1) is 0 Å². The Morgan fingerprint density at radius 2 is 0.849 bits per heavy atom. The third-order valence-corrected chi connectivity index (χ3v) is 15.2. The summed E-state index contributed by atoms with van der Waals surface area (Å²) in [5.41, 5.74) is 20.8. The van der Waals surface area contributed by atoms with E-state index < -0.39 is 5.41 Å². The molecule has 0 saturated heterocycles. The van der Waals surface area contributed by atoms with Crippen molar-refractivity contribution in [1.82, 2.24) is 4.57 Å². The minimum Gasteiger partial charge on any atom is -0.310 e. The van der Waals surface area contributed by atoms with Crippen LogP contribution >= 0.6 is 0 Å². The molecule has 2 nitrogen and oxygen atoms in total. The fourth-order valence-electron chi connectivity index (χ4n) is 12.2. The zero-order valence-corrected chi connectivity index (χ0v) is 40.1. The van der Waals surface area contributed by atoms with Gasteiger partial charge in [-0.1, -0.05) is 243 Å². The van der Waals surface area contributed by atoms with E-state index in [-0.39, 0.29) is 0 Å². The van der Waals surface area contributed by atoms with Crippen LogP contribution in [0.5, 0.6) is 0 Å². The first-order chi connectivity index (χ1) is 36.3. The van der Waals surface area contributed by atoms with Crippen LogP contribution in [0.3, 0.4) is 0 Å². The predicted molar refractivity (Wildman–Crippen MR) is 307 cm³/mol. The molecule has 1 heterocycles. The molecule has 0 bridgehead atoms. The molecule has 0 unspecified atom stereocenters. The van der Waals surface area contributed by atoms with Crippen molar-refractivity contribution in [2.24, 2.45) is 0 Å². The molecule has 0 fully saturated rings. The summed E-state index contributed by atoms with van der Waals surface area (Å²) < 4.78 is 2.44. The van der Waals surface area contributed by atoms with Crippen LogP contribution in [-0.4, -0.2) is 4.57 Å². The second kappa shape index (κ2) is 17.4. The minimum atomic E-state index is -0.571. The Kier molecular flexibility index (Phi) is 10.1. The monoisotopic (exact) mass is 928 g/mol. The first kappa shape index (κ1) is 42.4. The van der Waals surface area contributed by atoms with Crippen LogP contribution < -0.4 is 4.90 Å². The molecule has 0 N–H and O–H groups in total. The SMILES string of the molecule is c1ccc(-c2cccc3cccc(-c4ccccc4N(c4cccc(-c5cccc6c7ccccc7n(-c7ccccc7)c56)c4)c4ccc5c(c4)C(c4ccccc4)(c4ccccc4)c4ccccc4-5)c23)cc1. The maximum Gasteiger partial charge on any atom is 0.0714 e. The Hall–Kier alpha value is -9.50. The van der Waals surface area contributed by atoms with Crippen molar-refractivity contribution < 1.29 is 0 Å². The molecule has 1 aliphatic rings. The Balaban J connectivity index is 1.05. The number of para-hydroxylation sites is 4. The minimum absolute atomic E-state index is 0.571. The van der Waals surface area contributed by atoms with Gasteiger partial charge in [0.15, 0.2) is 0 Å². The van der Waals surface area contributed by atoms with Crippen LogP contribution in [0.4, 0.5) is 17.1 Å². The molecule has 0 saturated carbocycles. The molecule has 0 amide bonds. The molecule has 14 rings (SSSR count). The lowest BCUT2D eigenvalue weighted by atomic mass is 9.67. The third-order valence-electron chi connectivity index (χ3n) is 15.2. The molecular weight excluding hydrogens is 881 g/mol. The largest absolute Gasteiger partial charge is 0.310 e. The van der Waals surface area contributed by atoms with Crippen LogP contribution in [0.1, 0.15) is 22.3 Å². The average molecular weight is 929 g/mol. The van der Waals surface area contributed by atoms with Gasteiger partial charge in [-0.3, -0.25) is 0 Å². The summed E-state index contributed by atoms with van der Waals surface area (Å²) in [7, 11) is 0. The van der Waals surface area contributed by atoms with E-state index in [4.69, 9.17) is 0 Å². The fraction of sp³-hybridized carbons (Fsp3) is 0.0141. The standard InChI is InChI=1S/C71H48N2/c1-5-23-49(24-6-1)57-38-20-25-50-26-21-40-63(69(50)57)61-36-14-17-43-67(61)72(55-34-19-27-51(47-55)58-39-22-41-64-62-37-15-18-44-68(62)73(70(58)64)54-32-11-4-12-33-54)56-45-46-60-59-35-13-16-42-65(59)71(66(60)48-56,52-28-7-2-8-29-52)53-30-9-3-10-31-53/h1-48H. The van der Waals surface area contributed by atoms with E-state index in [0.29, 0.717) is 0 Å². The highest BCUT2D eigenvalue weighted by atomic mass is 15.1. The molecule has 0 atom stereocenters. The Bertz CT molecular complexity index is 4150. The lowest BCUT2D eigenvalue weighted by Crippen LogP contribution is -2.28. The summed E-state index contributed by atoms with van der Waals surface area (Å²) in [4.78, 5) is 2.51. The number of aromatic nitrogens is 1. The van der Waals surface area contributed by atoms with Gasteiger partial charge in [0.05, 0.1) is 22.1 Å². The van der Waals surface area contributed by atoms with Crippen LogP contribution in [-0.2, 0) is 5.41 Å². The molecule has 73 heavy (non-hydrogen) atoms. The fourth-order valence-corrected chi connectivity index (χ4v) is 12.2. The van der Waals surface area contributed by atoms with Crippen LogP contribution in [0, 0.1) is 0 Å². The smallest absolute Gasteiger partial charge is 0.0714 e. The number of nitrogens with zero attached hydrogens (tertiary/aromatic N) is 2. The lowest BCUT2D eigenvalue weighted by Gasteiger charge is -2.35. The van der Waals surface area contributed by atoms with Gasteiger partial charge in [0, 0.05) is 39.0 Å². The van der Waals surface area contributed by atoms with Crippen molar-refractivity contribution in [3.63, 3.8) is 0 Å². The van der Waals surface area contributed by atoms with Gasteiger partial charge in [-0.25, -0.2) is 0 Å². The topological polar surface area (TPSA) is 8.17 Å². The van der Waals surface area contributed by atoms with Crippen molar-refractivity contribution in [3.05, 3.63) is 313 Å². The first-order valence-electron chi connectivity index (χ1n) is 25.3. The Labute approximate surface area is 426 Å². The highest BCUT2D eigenvalue weighted by Crippen LogP contribution is 2.58. The third kappa shape index (κ3) is 6.72. The molecule has 342 valence electrons. The van der Waals surface area contributed by atoms with Crippen molar-refractivity contribution in [3.8, 4) is 50.2 Å². The van der Waals surface area contributed by atoms with Gasteiger partial charge in [-0.2, -0.15) is 0 Å². The van der Waals surface area contributed by atoms with Gasteiger partial charge >= 0.3 is 0 Å². The molecule has 0 aliphatic heterocycles. The van der Waals surface area contributed by atoms with Crippen LogP contribution in [0.2, 0.25) is 0 Å². The number of hydrogen-bond acceptors (Lipinski definition) is 1. The second-order valence-corrected chi connectivity index (χ2v) is 19.1. The molecule has 12 aromatic carbocycles. The molecular formula is C71H48N2. The number of anilines is 3.